The van der Waals surface area contributed by atoms with Gasteiger partial charge in [-0.3, -0.25) is 4.79 Å². The van der Waals surface area contributed by atoms with E-state index in [0.29, 0.717) is 12.2 Å². The number of rotatable bonds is 5. The van der Waals surface area contributed by atoms with Gasteiger partial charge in [-0.1, -0.05) is 31.9 Å². The van der Waals surface area contributed by atoms with E-state index >= 15 is 0 Å². The fraction of sp³-hybridized carbons (Fsp3) is 0.562. The second kappa shape index (κ2) is 6.00. The fourth-order valence-corrected chi connectivity index (χ4v) is 2.59. The molecule has 1 heteroatoms. The molecule has 0 N–H and O–H groups in total. The minimum atomic E-state index is 0.326. The molecule has 92 valence electrons. The number of fused-ring (bicyclic) bond motifs is 1. The van der Waals surface area contributed by atoms with Crippen LogP contribution in [0.4, 0.5) is 0 Å². The van der Waals surface area contributed by atoms with Gasteiger partial charge < -0.3 is 0 Å². The van der Waals surface area contributed by atoms with E-state index in [2.05, 4.69) is 19.1 Å². The quantitative estimate of drug-likeness (QED) is 0.543. The van der Waals surface area contributed by atoms with Gasteiger partial charge in [0.2, 0.25) is 0 Å². The van der Waals surface area contributed by atoms with Crippen molar-refractivity contribution in [2.75, 3.05) is 0 Å². The van der Waals surface area contributed by atoms with E-state index in [4.69, 9.17) is 0 Å². The first-order chi connectivity index (χ1) is 8.31. The average Bonchev–Trinajstić information content (AvgIpc) is 2.38. The molecule has 0 fully saturated rings. The molecule has 1 aliphatic carbocycles. The number of ketones is 1. The van der Waals surface area contributed by atoms with Gasteiger partial charge in [0.05, 0.1) is 0 Å². The molecular formula is C16H22O. The molecule has 0 unspecified atom stereocenters. The Morgan fingerprint density at radius 1 is 1.12 bits per heavy atom. The lowest BCUT2D eigenvalue weighted by molar-refractivity contribution is 0.0979. The molecule has 1 aromatic rings. The molecule has 0 atom stereocenters. The van der Waals surface area contributed by atoms with Crippen LogP contribution in [-0.2, 0) is 12.8 Å². The van der Waals surface area contributed by atoms with Crippen LogP contribution >= 0.6 is 0 Å². The summed E-state index contributed by atoms with van der Waals surface area (Å²) in [6.45, 7) is 2.17. The minimum Gasteiger partial charge on any atom is -0.294 e. The van der Waals surface area contributed by atoms with Crippen molar-refractivity contribution >= 4 is 5.78 Å². The average molecular weight is 230 g/mol. The molecular weight excluding hydrogens is 208 g/mol. The van der Waals surface area contributed by atoms with Crippen LogP contribution in [0.25, 0.3) is 0 Å². The van der Waals surface area contributed by atoms with Crippen molar-refractivity contribution in [3.63, 3.8) is 0 Å². The number of unbranched alkanes of at least 4 members (excludes halogenated alkanes) is 2. The number of hydrogen-bond acceptors (Lipinski definition) is 1. The lowest BCUT2D eigenvalue weighted by Gasteiger charge is -2.16. The van der Waals surface area contributed by atoms with Crippen molar-refractivity contribution in [2.24, 2.45) is 0 Å². The second-order valence-corrected chi connectivity index (χ2v) is 5.07. The van der Waals surface area contributed by atoms with Gasteiger partial charge in [0, 0.05) is 12.0 Å². The van der Waals surface area contributed by atoms with Gasteiger partial charge in [0.1, 0.15) is 0 Å². The molecule has 0 bridgehead atoms. The Bertz CT molecular complexity index is 393. The van der Waals surface area contributed by atoms with Crippen LogP contribution in [-0.4, -0.2) is 5.78 Å². The van der Waals surface area contributed by atoms with Crippen LogP contribution in [0.1, 0.15) is 66.9 Å². The summed E-state index contributed by atoms with van der Waals surface area (Å²) in [4.78, 5) is 12.0. The normalized spacial score (nSPS) is 14.4. The third-order valence-electron chi connectivity index (χ3n) is 3.68. The maximum Gasteiger partial charge on any atom is 0.162 e. The largest absolute Gasteiger partial charge is 0.294 e. The van der Waals surface area contributed by atoms with E-state index in [-0.39, 0.29) is 0 Å². The number of Topliss-reactive ketones (excluding diaryl/α,β-unsaturated/α-hetero) is 1. The number of carbonyl (C=O) groups excluding carboxylic acids is 1. The Morgan fingerprint density at radius 3 is 2.65 bits per heavy atom. The molecule has 1 aromatic carbocycles. The highest BCUT2D eigenvalue weighted by Gasteiger charge is 2.12. The molecule has 0 saturated heterocycles. The number of hydrogen-bond donors (Lipinski definition) is 0. The standard InChI is InChI=1S/C16H22O/c1-2-3-4-9-16(17)15-11-10-13-7-5-6-8-14(13)12-15/h10-12H,2-9H2,1H3. The van der Waals surface area contributed by atoms with Crippen molar-refractivity contribution in [1.82, 2.24) is 0 Å². The van der Waals surface area contributed by atoms with Gasteiger partial charge in [-0.05, 0) is 49.3 Å². The topological polar surface area (TPSA) is 17.1 Å². The molecule has 0 heterocycles. The Kier molecular flexibility index (Phi) is 4.36. The zero-order valence-electron chi connectivity index (χ0n) is 10.8. The van der Waals surface area contributed by atoms with E-state index in [1.54, 1.807) is 0 Å². The zero-order chi connectivity index (χ0) is 12.1. The lowest BCUT2D eigenvalue weighted by Crippen LogP contribution is -2.06. The van der Waals surface area contributed by atoms with Crippen LogP contribution in [0, 0.1) is 0 Å². The van der Waals surface area contributed by atoms with E-state index in [1.165, 1.54) is 36.8 Å². The van der Waals surface area contributed by atoms with E-state index < -0.39 is 0 Å². The molecule has 17 heavy (non-hydrogen) atoms. The van der Waals surface area contributed by atoms with E-state index in [9.17, 15) is 4.79 Å². The molecule has 1 nitrogen and oxygen atoms in total. The highest BCUT2D eigenvalue weighted by Crippen LogP contribution is 2.23. The van der Waals surface area contributed by atoms with Gasteiger partial charge in [0.25, 0.3) is 0 Å². The summed E-state index contributed by atoms with van der Waals surface area (Å²) < 4.78 is 0. The maximum absolute atomic E-state index is 12.0. The van der Waals surface area contributed by atoms with Crippen molar-refractivity contribution < 1.29 is 4.79 Å². The van der Waals surface area contributed by atoms with Gasteiger partial charge >= 0.3 is 0 Å². The fourth-order valence-electron chi connectivity index (χ4n) is 2.59. The highest BCUT2D eigenvalue weighted by molar-refractivity contribution is 5.96. The summed E-state index contributed by atoms with van der Waals surface area (Å²) in [5, 5.41) is 0. The third kappa shape index (κ3) is 3.18. The van der Waals surface area contributed by atoms with Crippen LogP contribution < -0.4 is 0 Å². The van der Waals surface area contributed by atoms with Crippen LogP contribution in [0.2, 0.25) is 0 Å². The molecule has 0 aromatic heterocycles. The van der Waals surface area contributed by atoms with Crippen molar-refractivity contribution in [3.8, 4) is 0 Å². The maximum atomic E-state index is 12.0. The Balaban J connectivity index is 2.03. The van der Waals surface area contributed by atoms with Gasteiger partial charge in [-0.2, -0.15) is 0 Å². The smallest absolute Gasteiger partial charge is 0.162 e. The zero-order valence-corrected chi connectivity index (χ0v) is 10.8. The van der Waals surface area contributed by atoms with Crippen molar-refractivity contribution in [3.05, 3.63) is 34.9 Å². The molecule has 0 radical (unpaired) electrons. The number of aryl methyl sites for hydroxylation is 2. The van der Waals surface area contributed by atoms with Crippen molar-refractivity contribution in [2.45, 2.75) is 58.3 Å². The summed E-state index contributed by atoms with van der Waals surface area (Å²) in [6.07, 6.45) is 9.02. The molecule has 0 spiro atoms. The first-order valence-corrected chi connectivity index (χ1v) is 6.96. The molecule has 1 aliphatic rings. The lowest BCUT2D eigenvalue weighted by atomic mass is 9.89. The summed E-state index contributed by atoms with van der Waals surface area (Å²) in [5.41, 5.74) is 3.81. The first-order valence-electron chi connectivity index (χ1n) is 6.96. The van der Waals surface area contributed by atoms with E-state index in [0.717, 1.165) is 24.8 Å². The minimum absolute atomic E-state index is 0.326. The predicted molar refractivity (Wildman–Crippen MR) is 71.6 cm³/mol. The van der Waals surface area contributed by atoms with Crippen LogP contribution in [0.5, 0.6) is 0 Å². The second-order valence-electron chi connectivity index (χ2n) is 5.07. The highest BCUT2D eigenvalue weighted by atomic mass is 16.1. The van der Waals surface area contributed by atoms with E-state index in [1.807, 2.05) is 6.07 Å². The third-order valence-corrected chi connectivity index (χ3v) is 3.68. The Hall–Kier alpha value is -1.11. The summed E-state index contributed by atoms with van der Waals surface area (Å²) in [6, 6.07) is 6.34. The predicted octanol–water partition coefficient (Wildman–Crippen LogP) is 4.33. The number of benzene rings is 1. The van der Waals surface area contributed by atoms with Crippen LogP contribution in [0.3, 0.4) is 0 Å². The van der Waals surface area contributed by atoms with Gasteiger partial charge in [-0.25, -0.2) is 0 Å². The Labute approximate surface area is 104 Å². The van der Waals surface area contributed by atoms with Crippen LogP contribution in [0.15, 0.2) is 18.2 Å². The molecule has 0 saturated carbocycles. The summed E-state index contributed by atoms with van der Waals surface area (Å²) in [5.74, 6) is 0.326. The SMILES string of the molecule is CCCCCC(=O)c1ccc2c(c1)CCCC2. The molecule has 2 rings (SSSR count). The molecule has 0 aliphatic heterocycles. The monoisotopic (exact) mass is 230 g/mol. The van der Waals surface area contributed by atoms with Crippen molar-refractivity contribution in [1.29, 1.82) is 0 Å². The first kappa shape index (κ1) is 12.3. The molecule has 0 amide bonds. The number of carbonyl (C=O) groups is 1. The summed E-state index contributed by atoms with van der Waals surface area (Å²) >= 11 is 0. The Morgan fingerprint density at radius 2 is 1.88 bits per heavy atom. The van der Waals surface area contributed by atoms with Gasteiger partial charge in [0.15, 0.2) is 5.78 Å². The summed E-state index contributed by atoms with van der Waals surface area (Å²) in [7, 11) is 0. The van der Waals surface area contributed by atoms with Gasteiger partial charge in [-0.15, -0.1) is 0 Å².